The first kappa shape index (κ1) is 16.8. The molecule has 7 heteroatoms. The van der Waals surface area contributed by atoms with Gasteiger partial charge in [-0.1, -0.05) is 36.4 Å². The highest BCUT2D eigenvalue weighted by Gasteiger charge is 2.31. The number of hydrazine groups is 1. The minimum Gasteiger partial charge on any atom is -0.337 e. The highest BCUT2D eigenvalue weighted by molar-refractivity contribution is 6.45. The maximum absolute atomic E-state index is 13.1. The van der Waals surface area contributed by atoms with Crippen LogP contribution in [0.15, 0.2) is 90.2 Å². The predicted molar refractivity (Wildman–Crippen MR) is 117 cm³/mol. The summed E-state index contributed by atoms with van der Waals surface area (Å²) in [7, 11) is 0. The predicted octanol–water partition coefficient (Wildman–Crippen LogP) is 3.27. The zero-order valence-electron chi connectivity index (χ0n) is 15.9. The Morgan fingerprint density at radius 2 is 1.77 bits per heavy atom. The number of hydrogen-bond acceptors (Lipinski definition) is 4. The highest BCUT2D eigenvalue weighted by Crippen LogP contribution is 2.29. The second kappa shape index (κ2) is 6.45. The Balaban J connectivity index is 1.32. The van der Waals surface area contributed by atoms with E-state index >= 15 is 0 Å². The summed E-state index contributed by atoms with van der Waals surface area (Å²) in [6, 6.07) is 15.7. The van der Waals surface area contributed by atoms with Crippen LogP contribution >= 0.6 is 0 Å². The molecule has 2 aliphatic rings. The molecule has 4 heterocycles. The van der Waals surface area contributed by atoms with Crippen molar-refractivity contribution in [3.05, 3.63) is 90.9 Å². The Morgan fingerprint density at radius 3 is 2.73 bits per heavy atom. The van der Waals surface area contributed by atoms with Crippen molar-refractivity contribution < 1.29 is 4.79 Å². The van der Waals surface area contributed by atoms with Crippen LogP contribution in [0.2, 0.25) is 0 Å². The van der Waals surface area contributed by atoms with E-state index in [-0.39, 0.29) is 18.0 Å². The molecule has 1 aliphatic carbocycles. The maximum Gasteiger partial charge on any atom is 0.289 e. The molecule has 1 amide bonds. The van der Waals surface area contributed by atoms with E-state index in [9.17, 15) is 4.79 Å². The molecule has 0 spiro atoms. The summed E-state index contributed by atoms with van der Waals surface area (Å²) in [6.45, 7) is 0. The topological polar surface area (TPSA) is 75.7 Å². The first-order chi connectivity index (χ1) is 14.8. The number of hydrogen-bond donors (Lipinski definition) is 2. The van der Waals surface area contributed by atoms with Gasteiger partial charge in [0.2, 0.25) is 0 Å². The first-order valence-electron chi connectivity index (χ1n) is 9.82. The number of fused-ring (bicyclic) bond motifs is 6. The summed E-state index contributed by atoms with van der Waals surface area (Å²) in [5, 5.41) is 0. The van der Waals surface area contributed by atoms with Gasteiger partial charge in [0.05, 0.1) is 34.3 Å². The molecular formula is C23H18N6O. The lowest BCUT2D eigenvalue weighted by atomic mass is 10.00. The minimum absolute atomic E-state index is 0.0909. The summed E-state index contributed by atoms with van der Waals surface area (Å²) < 4.78 is 4.13. The zero-order valence-corrected chi connectivity index (χ0v) is 15.9. The average molecular weight is 394 g/mol. The number of benzene rings is 1. The molecule has 0 radical (unpaired) electrons. The third-order valence-electron chi connectivity index (χ3n) is 5.57. The van der Waals surface area contributed by atoms with Gasteiger partial charge in [0, 0.05) is 12.4 Å². The van der Waals surface area contributed by atoms with E-state index in [1.54, 1.807) is 0 Å². The molecule has 0 fully saturated rings. The van der Waals surface area contributed by atoms with Gasteiger partial charge in [0.25, 0.3) is 5.91 Å². The molecule has 2 unspecified atom stereocenters. The number of amides is 1. The van der Waals surface area contributed by atoms with E-state index in [1.807, 2.05) is 83.6 Å². The maximum atomic E-state index is 13.1. The molecule has 2 atom stereocenters. The third-order valence-corrected chi connectivity index (χ3v) is 5.57. The summed E-state index contributed by atoms with van der Waals surface area (Å²) in [6.07, 6.45) is 12.1. The number of aromatic nitrogens is 3. The lowest BCUT2D eigenvalue weighted by Crippen LogP contribution is -2.41. The van der Waals surface area contributed by atoms with Crippen LogP contribution < -0.4 is 10.9 Å². The van der Waals surface area contributed by atoms with Gasteiger partial charge in [-0.2, -0.15) is 0 Å². The van der Waals surface area contributed by atoms with Crippen molar-refractivity contribution in [2.45, 2.75) is 12.1 Å². The number of rotatable bonds is 3. The first-order valence-corrected chi connectivity index (χ1v) is 9.82. The molecule has 4 aromatic rings. The van der Waals surface area contributed by atoms with E-state index in [0.717, 1.165) is 22.2 Å². The number of para-hydroxylation sites is 2. The molecule has 1 aromatic carbocycles. The second-order valence-electron chi connectivity index (χ2n) is 7.32. The fraction of sp³-hybridized carbons (Fsp3) is 0.0870. The third kappa shape index (κ3) is 2.49. The van der Waals surface area contributed by atoms with Crippen LogP contribution in [-0.2, 0) is 4.79 Å². The molecule has 30 heavy (non-hydrogen) atoms. The van der Waals surface area contributed by atoms with Crippen molar-refractivity contribution in [3.8, 4) is 0 Å². The van der Waals surface area contributed by atoms with Gasteiger partial charge in [-0.05, 0) is 36.4 Å². The van der Waals surface area contributed by atoms with Gasteiger partial charge >= 0.3 is 0 Å². The molecule has 3 aromatic heterocycles. The lowest BCUT2D eigenvalue weighted by Gasteiger charge is -2.30. The smallest absolute Gasteiger partial charge is 0.289 e. The summed E-state index contributed by atoms with van der Waals surface area (Å²) in [5.74, 6) is 0.285. The fourth-order valence-corrected chi connectivity index (χ4v) is 4.20. The number of carbonyl (C=O) groups excluding carboxylic acids is 1. The van der Waals surface area contributed by atoms with Crippen LogP contribution in [0.4, 0.5) is 5.82 Å². The van der Waals surface area contributed by atoms with Gasteiger partial charge in [0.15, 0.2) is 5.82 Å². The van der Waals surface area contributed by atoms with Gasteiger partial charge in [0.1, 0.15) is 5.71 Å². The van der Waals surface area contributed by atoms with Crippen LogP contribution in [0, 0.1) is 0 Å². The van der Waals surface area contributed by atoms with Crippen molar-refractivity contribution in [3.63, 3.8) is 0 Å². The van der Waals surface area contributed by atoms with Gasteiger partial charge in [-0.15, -0.1) is 0 Å². The van der Waals surface area contributed by atoms with Gasteiger partial charge in [-0.25, -0.2) is 4.98 Å². The van der Waals surface area contributed by atoms with Crippen molar-refractivity contribution in [2.75, 3.05) is 5.43 Å². The molecule has 0 saturated heterocycles. The van der Waals surface area contributed by atoms with Gasteiger partial charge < -0.3 is 8.97 Å². The standard InChI is InChI=1S/C23H18N6O/c30-23(21-19-11-5-13-28(19)17-9-3-1-7-15(17)24-21)27-26-22-20-12-6-14-29(20)18-10-4-2-8-16(18)25-22/h1-15,17H,(H,25,26)(H,27,30). The minimum atomic E-state index is -0.295. The summed E-state index contributed by atoms with van der Waals surface area (Å²) in [4.78, 5) is 22.4. The lowest BCUT2D eigenvalue weighted by molar-refractivity contribution is -0.114. The van der Waals surface area contributed by atoms with E-state index in [4.69, 9.17) is 4.99 Å². The number of nitrogens with zero attached hydrogens (tertiary/aromatic N) is 4. The molecule has 7 nitrogen and oxygen atoms in total. The molecule has 1 aliphatic heterocycles. The number of carbonyl (C=O) groups is 1. The van der Waals surface area contributed by atoms with E-state index in [1.165, 1.54) is 0 Å². The summed E-state index contributed by atoms with van der Waals surface area (Å²) in [5.41, 5.74) is 9.72. The average Bonchev–Trinajstić information content (AvgIpc) is 3.47. The molecule has 146 valence electrons. The molecule has 0 bridgehead atoms. The number of aliphatic imine (C=N–C) groups is 1. The summed E-state index contributed by atoms with van der Waals surface area (Å²) >= 11 is 0. The quantitative estimate of drug-likeness (QED) is 0.524. The van der Waals surface area contributed by atoms with Crippen molar-refractivity contribution in [1.82, 2.24) is 19.4 Å². The number of nitrogens with one attached hydrogen (secondary N) is 2. The Kier molecular flexibility index (Phi) is 3.61. The van der Waals surface area contributed by atoms with E-state index in [0.29, 0.717) is 11.5 Å². The van der Waals surface area contributed by atoms with E-state index in [2.05, 4.69) is 26.5 Å². The van der Waals surface area contributed by atoms with Crippen LogP contribution in [-0.4, -0.2) is 31.6 Å². The van der Waals surface area contributed by atoms with Crippen molar-refractivity contribution in [1.29, 1.82) is 0 Å². The second-order valence-corrected chi connectivity index (χ2v) is 7.32. The molecular weight excluding hydrogens is 376 g/mol. The highest BCUT2D eigenvalue weighted by atomic mass is 16.2. The van der Waals surface area contributed by atoms with Crippen LogP contribution in [0.3, 0.4) is 0 Å². The van der Waals surface area contributed by atoms with Crippen LogP contribution in [0.25, 0.3) is 16.6 Å². The number of allylic oxidation sites excluding steroid dienone is 2. The molecule has 0 saturated carbocycles. The largest absolute Gasteiger partial charge is 0.337 e. The van der Waals surface area contributed by atoms with Gasteiger partial charge in [-0.3, -0.25) is 20.6 Å². The zero-order chi connectivity index (χ0) is 20.1. The van der Waals surface area contributed by atoms with Crippen molar-refractivity contribution in [2.24, 2.45) is 4.99 Å². The van der Waals surface area contributed by atoms with E-state index < -0.39 is 0 Å². The van der Waals surface area contributed by atoms with Crippen molar-refractivity contribution >= 4 is 34.0 Å². The Bertz CT molecular complexity index is 1390. The Labute approximate surface area is 172 Å². The Morgan fingerprint density at radius 1 is 0.933 bits per heavy atom. The monoisotopic (exact) mass is 394 g/mol. The SMILES string of the molecule is O=C(NNc1nc2ccccc2n2cccc12)C1=NC2C=CC=CC2n2cccc21. The molecule has 2 N–H and O–H groups in total. The normalized spacial score (nSPS) is 19.4. The Hall–Kier alpha value is -4.13. The van der Waals surface area contributed by atoms with Crippen LogP contribution in [0.5, 0.6) is 0 Å². The number of anilines is 1. The van der Waals surface area contributed by atoms with Crippen LogP contribution in [0.1, 0.15) is 11.7 Å². The molecule has 6 rings (SSSR count). The fourth-order valence-electron chi connectivity index (χ4n) is 4.20.